The minimum Gasteiger partial charge on any atom is -0.443 e. The van der Waals surface area contributed by atoms with Gasteiger partial charge in [-0.2, -0.15) is 0 Å². The van der Waals surface area contributed by atoms with Gasteiger partial charge in [-0.1, -0.05) is 11.6 Å². The smallest absolute Gasteiger partial charge is 0.182 e. The standard InChI is InChI=1S/C19H14ClN3O2/c1-11-5-13(3-2-4-24)21-9-16(11)15-6-12-8-22-17(20)7-14(12)19-18(15)23-10-25-19/h4-10H,2-3H2,1H3. The summed E-state index contributed by atoms with van der Waals surface area (Å²) in [6.45, 7) is 2.03. The van der Waals surface area contributed by atoms with E-state index >= 15 is 0 Å². The van der Waals surface area contributed by atoms with Crippen LogP contribution in [0.15, 0.2) is 41.4 Å². The molecular formula is C19H14ClN3O2. The summed E-state index contributed by atoms with van der Waals surface area (Å²) in [5, 5.41) is 2.22. The summed E-state index contributed by atoms with van der Waals surface area (Å²) < 4.78 is 5.61. The lowest BCUT2D eigenvalue weighted by Crippen LogP contribution is -1.95. The number of hydrogen-bond donors (Lipinski definition) is 0. The zero-order chi connectivity index (χ0) is 17.4. The molecule has 0 bridgehead atoms. The summed E-state index contributed by atoms with van der Waals surface area (Å²) in [4.78, 5) is 23.6. The third kappa shape index (κ3) is 2.76. The van der Waals surface area contributed by atoms with Crippen LogP contribution in [0.2, 0.25) is 5.15 Å². The fourth-order valence-electron chi connectivity index (χ4n) is 3.05. The van der Waals surface area contributed by atoms with E-state index in [4.69, 9.17) is 16.0 Å². The summed E-state index contributed by atoms with van der Waals surface area (Å²) >= 11 is 6.02. The molecule has 3 aromatic heterocycles. The quantitative estimate of drug-likeness (QED) is 0.399. The third-order valence-electron chi connectivity index (χ3n) is 4.24. The van der Waals surface area contributed by atoms with Gasteiger partial charge in [-0.15, -0.1) is 0 Å². The molecule has 6 heteroatoms. The molecule has 0 amide bonds. The Morgan fingerprint density at radius 2 is 2.00 bits per heavy atom. The van der Waals surface area contributed by atoms with Crippen molar-refractivity contribution in [3.05, 3.63) is 53.4 Å². The number of halogens is 1. The molecular weight excluding hydrogens is 338 g/mol. The lowest BCUT2D eigenvalue weighted by molar-refractivity contribution is -0.107. The first-order valence-corrected chi connectivity index (χ1v) is 8.26. The molecule has 0 unspecified atom stereocenters. The largest absolute Gasteiger partial charge is 0.443 e. The number of nitrogens with zero attached hydrogens (tertiary/aromatic N) is 3. The number of aldehydes is 1. The van der Waals surface area contributed by atoms with Crippen molar-refractivity contribution in [3.8, 4) is 11.1 Å². The molecule has 0 aliphatic heterocycles. The normalized spacial score (nSPS) is 11.3. The number of hydrogen-bond acceptors (Lipinski definition) is 5. The highest BCUT2D eigenvalue weighted by Crippen LogP contribution is 2.35. The molecule has 5 nitrogen and oxygen atoms in total. The van der Waals surface area contributed by atoms with Gasteiger partial charge in [0.25, 0.3) is 0 Å². The topological polar surface area (TPSA) is 68.9 Å². The molecule has 4 rings (SSSR count). The Hall–Kier alpha value is -2.79. The first-order valence-electron chi connectivity index (χ1n) is 7.88. The summed E-state index contributed by atoms with van der Waals surface area (Å²) in [5.41, 5.74) is 5.33. The molecule has 0 radical (unpaired) electrons. The van der Waals surface area contributed by atoms with Gasteiger partial charge >= 0.3 is 0 Å². The van der Waals surface area contributed by atoms with Crippen molar-refractivity contribution in [1.82, 2.24) is 15.0 Å². The minimum absolute atomic E-state index is 0.412. The van der Waals surface area contributed by atoms with E-state index in [2.05, 4.69) is 15.0 Å². The van der Waals surface area contributed by atoms with Crippen LogP contribution in [0.1, 0.15) is 17.7 Å². The maximum atomic E-state index is 10.6. The third-order valence-corrected chi connectivity index (χ3v) is 4.45. The summed E-state index contributed by atoms with van der Waals surface area (Å²) in [5.74, 6) is 0. The van der Waals surface area contributed by atoms with Crippen molar-refractivity contribution in [2.24, 2.45) is 0 Å². The van der Waals surface area contributed by atoms with E-state index in [1.54, 1.807) is 12.3 Å². The average molecular weight is 352 g/mol. The molecule has 0 aliphatic rings. The predicted molar refractivity (Wildman–Crippen MR) is 96.7 cm³/mol. The van der Waals surface area contributed by atoms with Crippen LogP contribution in [0.5, 0.6) is 0 Å². The maximum absolute atomic E-state index is 10.6. The number of carbonyl (C=O) groups is 1. The monoisotopic (exact) mass is 351 g/mol. The number of aryl methyl sites for hydroxylation is 2. The molecule has 3 heterocycles. The number of carbonyl (C=O) groups excluding carboxylic acids is 1. The van der Waals surface area contributed by atoms with Gasteiger partial charge in [0.1, 0.15) is 17.0 Å². The molecule has 4 aromatic rings. The molecule has 0 atom stereocenters. The van der Waals surface area contributed by atoms with Crippen LogP contribution in [-0.4, -0.2) is 21.2 Å². The lowest BCUT2D eigenvalue weighted by Gasteiger charge is -2.10. The van der Waals surface area contributed by atoms with Crippen LogP contribution in [0.3, 0.4) is 0 Å². The van der Waals surface area contributed by atoms with Gasteiger partial charge in [0, 0.05) is 46.4 Å². The van der Waals surface area contributed by atoms with Crippen LogP contribution < -0.4 is 0 Å². The van der Waals surface area contributed by atoms with Crippen molar-refractivity contribution in [2.45, 2.75) is 19.8 Å². The average Bonchev–Trinajstić information content (AvgIpc) is 3.10. The Morgan fingerprint density at radius 3 is 2.80 bits per heavy atom. The molecule has 0 fully saturated rings. The van der Waals surface area contributed by atoms with Gasteiger partial charge in [0.15, 0.2) is 12.0 Å². The van der Waals surface area contributed by atoms with Crippen LogP contribution in [0, 0.1) is 6.92 Å². The highest BCUT2D eigenvalue weighted by atomic mass is 35.5. The number of benzene rings is 1. The molecule has 0 saturated heterocycles. The van der Waals surface area contributed by atoms with Gasteiger partial charge in [0.2, 0.25) is 0 Å². The number of oxazole rings is 1. The van der Waals surface area contributed by atoms with Crippen molar-refractivity contribution >= 4 is 39.8 Å². The highest BCUT2D eigenvalue weighted by molar-refractivity contribution is 6.30. The van der Waals surface area contributed by atoms with Gasteiger partial charge in [-0.05, 0) is 37.1 Å². The summed E-state index contributed by atoms with van der Waals surface area (Å²) in [7, 11) is 0. The first kappa shape index (κ1) is 15.7. The predicted octanol–water partition coefficient (Wildman–Crippen LogP) is 4.53. The van der Waals surface area contributed by atoms with E-state index in [9.17, 15) is 4.79 Å². The van der Waals surface area contributed by atoms with Crippen molar-refractivity contribution in [3.63, 3.8) is 0 Å². The van der Waals surface area contributed by atoms with E-state index in [1.807, 2.05) is 25.3 Å². The Morgan fingerprint density at radius 1 is 1.12 bits per heavy atom. The highest BCUT2D eigenvalue weighted by Gasteiger charge is 2.15. The van der Waals surface area contributed by atoms with Crippen molar-refractivity contribution < 1.29 is 9.21 Å². The van der Waals surface area contributed by atoms with Crippen LogP contribution in [0.4, 0.5) is 0 Å². The SMILES string of the molecule is Cc1cc(CCC=O)ncc1-c1cc2cnc(Cl)cc2c2ocnc12. The first-order chi connectivity index (χ1) is 12.2. The van der Waals surface area contributed by atoms with E-state index < -0.39 is 0 Å². The molecule has 0 N–H and O–H groups in total. The fraction of sp³-hybridized carbons (Fsp3) is 0.158. The van der Waals surface area contributed by atoms with Gasteiger partial charge < -0.3 is 9.21 Å². The Labute approximate surface area is 148 Å². The number of fused-ring (bicyclic) bond motifs is 3. The molecule has 0 aliphatic carbocycles. The fourth-order valence-corrected chi connectivity index (χ4v) is 3.21. The Bertz CT molecular complexity index is 1100. The van der Waals surface area contributed by atoms with Gasteiger partial charge in [0.05, 0.1) is 0 Å². The molecule has 1 aromatic carbocycles. The summed E-state index contributed by atoms with van der Waals surface area (Å²) in [6.07, 6.45) is 7.01. The van der Waals surface area contributed by atoms with Crippen LogP contribution in [-0.2, 0) is 11.2 Å². The van der Waals surface area contributed by atoms with Crippen LogP contribution in [0.25, 0.3) is 33.0 Å². The second kappa shape index (κ2) is 6.26. The second-order valence-electron chi connectivity index (χ2n) is 5.88. The van der Waals surface area contributed by atoms with Gasteiger partial charge in [-0.3, -0.25) is 4.98 Å². The molecule has 25 heavy (non-hydrogen) atoms. The van der Waals surface area contributed by atoms with E-state index in [0.29, 0.717) is 23.6 Å². The molecule has 0 spiro atoms. The maximum Gasteiger partial charge on any atom is 0.182 e. The number of aromatic nitrogens is 3. The molecule has 124 valence electrons. The zero-order valence-corrected chi connectivity index (χ0v) is 14.2. The number of rotatable bonds is 4. The minimum atomic E-state index is 0.412. The van der Waals surface area contributed by atoms with E-state index in [0.717, 1.165) is 45.0 Å². The number of pyridine rings is 2. The van der Waals surface area contributed by atoms with Crippen LogP contribution >= 0.6 is 11.6 Å². The van der Waals surface area contributed by atoms with Crippen molar-refractivity contribution in [1.29, 1.82) is 0 Å². The summed E-state index contributed by atoms with van der Waals surface area (Å²) in [6, 6.07) is 5.81. The zero-order valence-electron chi connectivity index (χ0n) is 13.5. The lowest BCUT2D eigenvalue weighted by atomic mass is 9.97. The van der Waals surface area contributed by atoms with Gasteiger partial charge in [-0.25, -0.2) is 9.97 Å². The van der Waals surface area contributed by atoms with Crippen molar-refractivity contribution in [2.75, 3.05) is 0 Å². The van der Waals surface area contributed by atoms with E-state index in [-0.39, 0.29) is 0 Å². The second-order valence-corrected chi connectivity index (χ2v) is 6.27. The molecule has 0 saturated carbocycles. The Kier molecular flexibility index (Phi) is 3.93. The Balaban J connectivity index is 1.92. The van der Waals surface area contributed by atoms with E-state index in [1.165, 1.54) is 6.39 Å².